The van der Waals surface area contributed by atoms with Crippen molar-refractivity contribution < 1.29 is 4.39 Å². The first-order chi connectivity index (χ1) is 11.3. The van der Waals surface area contributed by atoms with E-state index in [9.17, 15) is 4.39 Å². The smallest absolute Gasteiger partial charge is 0.202 e. The third kappa shape index (κ3) is 3.62. The van der Waals surface area contributed by atoms with Crippen molar-refractivity contribution in [1.82, 2.24) is 14.5 Å². The molecule has 1 aromatic carbocycles. The van der Waals surface area contributed by atoms with E-state index >= 15 is 0 Å². The monoisotopic (exact) mass is 324 g/mol. The molecule has 4 nitrogen and oxygen atoms in total. The Labute approximate surface area is 140 Å². The highest BCUT2D eigenvalue weighted by Crippen LogP contribution is 2.23. The summed E-state index contributed by atoms with van der Waals surface area (Å²) >= 11 is 0. The van der Waals surface area contributed by atoms with Crippen molar-refractivity contribution in [2.75, 3.05) is 5.73 Å². The van der Waals surface area contributed by atoms with E-state index in [1.165, 1.54) is 12.1 Å². The van der Waals surface area contributed by atoms with E-state index in [0.29, 0.717) is 5.95 Å². The molecule has 0 aliphatic heterocycles. The molecule has 5 heteroatoms. The van der Waals surface area contributed by atoms with Gasteiger partial charge in [-0.05, 0) is 41.3 Å². The van der Waals surface area contributed by atoms with E-state index in [0.717, 1.165) is 29.0 Å². The number of nitrogens with zero attached hydrogens (tertiary/aromatic N) is 3. The number of hydrogen-bond acceptors (Lipinski definition) is 3. The maximum absolute atomic E-state index is 12.9. The van der Waals surface area contributed by atoms with Gasteiger partial charge >= 0.3 is 0 Å². The Kier molecular flexibility index (Phi) is 4.09. The van der Waals surface area contributed by atoms with Crippen LogP contribution in [0.15, 0.2) is 36.4 Å². The van der Waals surface area contributed by atoms with Gasteiger partial charge in [-0.15, -0.1) is 0 Å². The number of hydrogen-bond donors (Lipinski definition) is 1. The zero-order valence-corrected chi connectivity index (χ0v) is 14.1. The highest BCUT2D eigenvalue weighted by molar-refractivity contribution is 5.77. The van der Waals surface area contributed by atoms with Crippen LogP contribution in [0.5, 0.6) is 0 Å². The van der Waals surface area contributed by atoms with Gasteiger partial charge < -0.3 is 5.73 Å². The largest absolute Gasteiger partial charge is 0.369 e. The summed E-state index contributed by atoms with van der Waals surface area (Å²) in [5.41, 5.74) is 9.41. The zero-order valence-electron chi connectivity index (χ0n) is 14.1. The summed E-state index contributed by atoms with van der Waals surface area (Å²) < 4.78 is 14.9. The maximum atomic E-state index is 12.9. The Bertz CT molecular complexity index is 886. The summed E-state index contributed by atoms with van der Waals surface area (Å²) in [7, 11) is 0. The van der Waals surface area contributed by atoms with Gasteiger partial charge in [-0.25, -0.2) is 14.4 Å². The summed E-state index contributed by atoms with van der Waals surface area (Å²) in [4.78, 5) is 9.05. The lowest BCUT2D eigenvalue weighted by atomic mass is 9.97. The molecule has 3 rings (SSSR count). The SMILES string of the molecule is CC(C)(C)Cn1c(N)nc2ccc(C=Cc3ccc(F)cc3)nc21. The lowest BCUT2D eigenvalue weighted by Gasteiger charge is -2.19. The molecule has 2 N–H and O–H groups in total. The van der Waals surface area contributed by atoms with E-state index in [-0.39, 0.29) is 11.2 Å². The van der Waals surface area contributed by atoms with Crippen LogP contribution in [0, 0.1) is 11.2 Å². The number of aromatic nitrogens is 3. The van der Waals surface area contributed by atoms with Crippen LogP contribution in [-0.4, -0.2) is 14.5 Å². The first kappa shape index (κ1) is 16.2. The molecule has 0 aliphatic carbocycles. The molecule has 0 radical (unpaired) electrons. The second-order valence-electron chi connectivity index (χ2n) is 7.08. The standard InChI is InChI=1S/C19H21FN4/c1-19(2,3)12-24-17-16(23-18(24)21)11-10-15(22-17)9-6-13-4-7-14(20)8-5-13/h4-11H,12H2,1-3H3,(H2,21,23). The Balaban J connectivity index is 1.95. The fourth-order valence-corrected chi connectivity index (χ4v) is 2.51. The van der Waals surface area contributed by atoms with E-state index < -0.39 is 0 Å². The predicted molar refractivity (Wildman–Crippen MR) is 96.7 cm³/mol. The van der Waals surface area contributed by atoms with Crippen LogP contribution in [0.2, 0.25) is 0 Å². The number of pyridine rings is 1. The van der Waals surface area contributed by atoms with E-state index in [1.807, 2.05) is 28.9 Å². The third-order valence-corrected chi connectivity index (χ3v) is 3.59. The minimum Gasteiger partial charge on any atom is -0.369 e. The van der Waals surface area contributed by atoms with Crippen molar-refractivity contribution in [1.29, 1.82) is 0 Å². The quantitative estimate of drug-likeness (QED) is 0.778. The topological polar surface area (TPSA) is 56.7 Å². The minimum absolute atomic E-state index is 0.0728. The molecular weight excluding hydrogens is 303 g/mol. The summed E-state index contributed by atoms with van der Waals surface area (Å²) in [6, 6.07) is 10.2. The van der Waals surface area contributed by atoms with E-state index in [2.05, 4.69) is 30.7 Å². The molecule has 0 spiro atoms. The molecule has 0 unspecified atom stereocenters. The lowest BCUT2D eigenvalue weighted by Crippen LogP contribution is -2.17. The van der Waals surface area contributed by atoms with Crippen LogP contribution in [0.1, 0.15) is 32.0 Å². The van der Waals surface area contributed by atoms with Gasteiger partial charge in [0.25, 0.3) is 0 Å². The molecule has 0 saturated carbocycles. The van der Waals surface area contributed by atoms with Crippen molar-refractivity contribution in [3.05, 3.63) is 53.5 Å². The molecule has 2 aromatic heterocycles. The van der Waals surface area contributed by atoms with Crippen LogP contribution in [0.4, 0.5) is 10.3 Å². The number of nitrogens with two attached hydrogens (primary N) is 1. The normalized spacial score (nSPS) is 12.3. The number of fused-ring (bicyclic) bond motifs is 1. The summed E-state index contributed by atoms with van der Waals surface area (Å²) in [6.07, 6.45) is 3.80. The molecule has 124 valence electrons. The number of anilines is 1. The Morgan fingerprint density at radius 1 is 1.04 bits per heavy atom. The summed E-state index contributed by atoms with van der Waals surface area (Å²) in [5, 5.41) is 0. The predicted octanol–water partition coefficient (Wildman–Crippen LogP) is 4.37. The molecule has 3 aromatic rings. The average molecular weight is 324 g/mol. The van der Waals surface area contributed by atoms with E-state index in [1.54, 1.807) is 12.1 Å². The van der Waals surface area contributed by atoms with Crippen LogP contribution >= 0.6 is 0 Å². The molecule has 24 heavy (non-hydrogen) atoms. The molecule has 0 atom stereocenters. The fourth-order valence-electron chi connectivity index (χ4n) is 2.51. The van der Waals surface area contributed by atoms with Gasteiger partial charge in [0.2, 0.25) is 5.95 Å². The summed E-state index contributed by atoms with van der Waals surface area (Å²) in [6.45, 7) is 7.19. The van der Waals surface area contributed by atoms with Crippen LogP contribution < -0.4 is 5.73 Å². The first-order valence-corrected chi connectivity index (χ1v) is 7.88. The van der Waals surface area contributed by atoms with Crippen molar-refractivity contribution in [3.8, 4) is 0 Å². The number of rotatable bonds is 3. The molecule has 0 fully saturated rings. The Hall–Kier alpha value is -2.69. The second kappa shape index (κ2) is 6.07. The number of nitrogen functional groups attached to an aromatic ring is 1. The lowest BCUT2D eigenvalue weighted by molar-refractivity contribution is 0.350. The highest BCUT2D eigenvalue weighted by Gasteiger charge is 2.17. The minimum atomic E-state index is -0.242. The van der Waals surface area contributed by atoms with Gasteiger partial charge in [0.15, 0.2) is 5.65 Å². The van der Waals surface area contributed by atoms with Gasteiger partial charge in [-0.3, -0.25) is 4.57 Å². The molecule has 0 amide bonds. The zero-order chi connectivity index (χ0) is 17.3. The highest BCUT2D eigenvalue weighted by atomic mass is 19.1. The van der Waals surface area contributed by atoms with Crippen LogP contribution in [0.25, 0.3) is 23.3 Å². The Morgan fingerprint density at radius 2 is 1.75 bits per heavy atom. The van der Waals surface area contributed by atoms with Gasteiger partial charge in [0.05, 0.1) is 5.69 Å². The van der Waals surface area contributed by atoms with Gasteiger partial charge in [-0.1, -0.05) is 39.0 Å². The third-order valence-electron chi connectivity index (χ3n) is 3.59. The molecular formula is C19H21FN4. The van der Waals surface area contributed by atoms with Crippen molar-refractivity contribution in [2.24, 2.45) is 5.41 Å². The van der Waals surface area contributed by atoms with Crippen LogP contribution in [-0.2, 0) is 6.54 Å². The number of benzene rings is 1. The first-order valence-electron chi connectivity index (χ1n) is 7.88. The average Bonchev–Trinajstić information content (AvgIpc) is 2.81. The van der Waals surface area contributed by atoms with Crippen molar-refractivity contribution in [3.63, 3.8) is 0 Å². The molecule has 2 heterocycles. The number of halogens is 1. The van der Waals surface area contributed by atoms with Crippen molar-refractivity contribution >= 4 is 29.3 Å². The fraction of sp³-hybridized carbons (Fsp3) is 0.263. The second-order valence-corrected chi connectivity index (χ2v) is 7.08. The summed E-state index contributed by atoms with van der Waals surface area (Å²) in [5.74, 6) is 0.236. The van der Waals surface area contributed by atoms with Gasteiger partial charge in [-0.2, -0.15) is 0 Å². The Morgan fingerprint density at radius 3 is 2.42 bits per heavy atom. The molecule has 0 saturated heterocycles. The van der Waals surface area contributed by atoms with Gasteiger partial charge in [0, 0.05) is 6.54 Å². The van der Waals surface area contributed by atoms with Gasteiger partial charge in [0.1, 0.15) is 11.3 Å². The number of imidazole rings is 1. The maximum Gasteiger partial charge on any atom is 0.202 e. The van der Waals surface area contributed by atoms with Crippen LogP contribution in [0.3, 0.4) is 0 Å². The molecule has 0 bridgehead atoms. The molecule has 0 aliphatic rings. The van der Waals surface area contributed by atoms with Crippen molar-refractivity contribution in [2.45, 2.75) is 27.3 Å². The van der Waals surface area contributed by atoms with E-state index in [4.69, 9.17) is 5.73 Å².